The number of aromatic nitrogens is 6. The number of halogens is 6. The number of alkyl halides is 6. The Kier molecular flexibility index (Phi) is 36.1. The van der Waals surface area contributed by atoms with Crippen LogP contribution in [0.1, 0.15) is 215 Å². The second kappa shape index (κ2) is 45.1. The third-order valence-corrected chi connectivity index (χ3v) is 27.4. The average Bonchev–Trinajstić information content (AvgIpc) is 1.62. The Morgan fingerprint density at radius 3 is 1.05 bits per heavy atom. The Morgan fingerprint density at radius 1 is 0.394 bits per heavy atom. The van der Waals surface area contributed by atoms with Gasteiger partial charge in [-0.15, -0.1) is 0 Å². The Balaban J connectivity index is 0.000000203. The van der Waals surface area contributed by atoms with Crippen molar-refractivity contribution in [3.05, 3.63) is 71.7 Å². The van der Waals surface area contributed by atoms with Gasteiger partial charge in [0.1, 0.15) is 70.5 Å². The maximum Gasteiger partial charge on any atom is 0.307 e. The van der Waals surface area contributed by atoms with E-state index in [2.05, 4.69) is 15.0 Å². The summed E-state index contributed by atoms with van der Waals surface area (Å²) >= 11 is 0. The first-order valence-corrected chi connectivity index (χ1v) is 45.4. The van der Waals surface area contributed by atoms with E-state index in [1.807, 2.05) is 27.7 Å². The summed E-state index contributed by atoms with van der Waals surface area (Å²) < 4.78 is 140. The summed E-state index contributed by atoms with van der Waals surface area (Å²) in [4.78, 5) is 149. The van der Waals surface area contributed by atoms with Gasteiger partial charge < -0.3 is 71.7 Å². The second-order valence-corrected chi connectivity index (χ2v) is 39.5. The van der Waals surface area contributed by atoms with E-state index in [0.717, 1.165) is 124 Å². The molecule has 3 aromatic carbocycles. The fourth-order valence-electron chi connectivity index (χ4n) is 19.5. The van der Waals surface area contributed by atoms with Crippen LogP contribution >= 0.6 is 0 Å². The molecule has 6 bridgehead atoms. The molecule has 9 heterocycles. The van der Waals surface area contributed by atoms with Crippen LogP contribution in [0.25, 0.3) is 33.1 Å². The smallest absolute Gasteiger partial charge is 0.307 e. The zero-order valence-corrected chi connectivity index (χ0v) is 81.3. The number of amides is 3. The first-order valence-electron chi connectivity index (χ1n) is 45.4. The van der Waals surface area contributed by atoms with Crippen molar-refractivity contribution in [3.63, 3.8) is 0 Å². The molecule has 6 aromatic rings. The second-order valence-electron chi connectivity index (χ2n) is 39.5. The third kappa shape index (κ3) is 24.9. The predicted octanol–water partition coefficient (Wildman–Crippen LogP) is 15.2. The van der Waals surface area contributed by atoms with Crippen molar-refractivity contribution < 1.29 is 168 Å². The molecular formula is C96H120F6N9O18V3-3. The molecule has 717 valence electrons. The van der Waals surface area contributed by atoms with Crippen LogP contribution in [0, 0.1) is 69.5 Å². The number of hydrogen-bond donors (Lipinski definition) is 0. The molecule has 132 heavy (non-hydrogen) atoms. The first-order chi connectivity index (χ1) is 61.3. The van der Waals surface area contributed by atoms with E-state index >= 15 is 0 Å². The van der Waals surface area contributed by atoms with Crippen molar-refractivity contribution in [2.75, 3.05) is 41.0 Å². The number of nitrogens with zero attached hydrogens (tertiary/aromatic N) is 9. The SMILES string of the molecule is COc1ccc2nc3c(nc2c1)O[C@H]1CN(C(=O)[C@H](C(C)(C)C)CC(=O)O[C@@H]2CCC[C@H]2CCCCC3)[C@H]([C-]=O)[C@@H]1C(F)F.COc1ccc2nc3c(nc2c1)O[C@H]1CN(C(=O)[C@H](C(C)(C)C)CC(=O)O[C@@H]2C[C@H]2CCCCC3)[C@H]([C-]=O)[C@@H]1C(F)F.COc1ccc2nc3c(nc2c1)O[C@H]1CN(C(=O)[C@H](C(C)(C)C)CC(=O)O[C@]2(C)C[C@H]2CCCCC3)[C@H]([C-]=O)[C@@H]1C(F)F.[V].[V].[V]. The van der Waals surface area contributed by atoms with Gasteiger partial charge in [-0.3, -0.25) is 28.8 Å². The molecule has 6 fully saturated rings. The standard InChI is InChI=1S/C33H42F2N3O6.C32H40F2N3O6.C31H38F2N3O6.3V/c1-33(2,3)21-16-28(40)43-26-12-8-10-19(26)9-6-5-7-11-23-31(37-24-15-20(42-4)13-14-22(24)36-23)44-27-17-38(32(21)41)25(18-39)29(27)30(34)35;1-31(2,3)20-14-26(39)43-32(4)15-18(32)9-7-6-8-10-22-29(36-23-13-19(41-5)11-12-21(23)35-22)42-25-16-37(30(20)40)24(17-38)27(25)28(33)34;1-31(2,3)19-14-26(38)41-24-12-17(24)8-6-5-7-9-21-29(35-22-13-18(40-4)10-11-20(22)34-21)42-25-15-36(30(19)39)23(16-37)27(25)28(32)33;;;/h13-15,19,21,25-27,29-30H,5-12,16-17H2,1-4H3;11-13,18,20,24-25,27-28H,6-10,14-16H2,1-5H3;10-11,13,17,19,23-25,27-28H,5-9,12,14-15H2,1-4H3;;;/q3*-1;;;/t19-,21-,25-,26-,27+,29+;18-,20-,24-,25+,27+,32-;17-,19-,23-,24-,25+,27+;;;/m111.../s1. The van der Waals surface area contributed by atoms with Crippen LogP contribution in [0.5, 0.6) is 34.9 Å². The molecule has 0 unspecified atom stereocenters. The molecule has 18 atom stereocenters. The quantitative estimate of drug-likeness (QED) is 0.0562. The largest absolute Gasteiger partial charge is 0.540 e. The number of benzene rings is 3. The number of aryl methyl sites for hydroxylation is 3. The number of carbonyl (C=O) groups is 6. The average molecular weight is 1950 g/mol. The summed E-state index contributed by atoms with van der Waals surface area (Å²) in [6.07, 6.45) is 7.79. The van der Waals surface area contributed by atoms with Gasteiger partial charge >= 0.3 is 17.9 Å². The summed E-state index contributed by atoms with van der Waals surface area (Å²) in [6.45, 7) is 17.3. The molecular weight excluding hydrogens is 1830 g/mol. The van der Waals surface area contributed by atoms with Crippen LogP contribution in [0.2, 0.25) is 0 Å². The molecule has 15 rings (SSSR count). The molecule has 3 aromatic heterocycles. The minimum absolute atomic E-state index is 0. The van der Waals surface area contributed by atoms with E-state index in [1.165, 1.54) is 21.3 Å². The summed E-state index contributed by atoms with van der Waals surface area (Å²) in [6, 6.07) is 11.1. The van der Waals surface area contributed by atoms with Crippen LogP contribution < -0.4 is 28.4 Å². The van der Waals surface area contributed by atoms with E-state index in [9.17, 15) is 69.5 Å². The minimum Gasteiger partial charge on any atom is -0.540 e. The van der Waals surface area contributed by atoms with Gasteiger partial charge in [0.05, 0.1) is 129 Å². The molecule has 36 heteroatoms. The minimum atomic E-state index is -2.98. The zero-order valence-electron chi connectivity index (χ0n) is 77.1. The molecule has 9 aliphatic rings. The fourth-order valence-corrected chi connectivity index (χ4v) is 19.5. The Morgan fingerprint density at radius 2 is 0.720 bits per heavy atom. The van der Waals surface area contributed by atoms with Crippen molar-refractivity contribution >= 4 is 87.6 Å². The van der Waals surface area contributed by atoms with Gasteiger partial charge in [0.25, 0.3) is 0 Å². The summed E-state index contributed by atoms with van der Waals surface area (Å²) in [5.41, 5.74) is 2.15. The van der Waals surface area contributed by atoms with Gasteiger partial charge in [-0.1, -0.05) is 119 Å². The number of carbonyl (C=O) groups excluding carboxylic acids is 9. The van der Waals surface area contributed by atoms with Gasteiger partial charge in [0, 0.05) is 79.8 Å². The maximum atomic E-state index is 14.6. The van der Waals surface area contributed by atoms with Crippen molar-refractivity contribution in [1.82, 2.24) is 44.6 Å². The molecule has 0 N–H and O–H groups in total. The van der Waals surface area contributed by atoms with Crippen LogP contribution in [0.4, 0.5) is 26.3 Å². The number of fused-ring (bicyclic) bond motifs is 15. The Hall–Kier alpha value is -8.36. The Bertz CT molecular complexity index is 5070. The molecule has 3 amide bonds. The summed E-state index contributed by atoms with van der Waals surface area (Å²) in [5.74, 6) is -8.04. The van der Waals surface area contributed by atoms with Gasteiger partial charge in [0.2, 0.25) is 54.6 Å². The third-order valence-electron chi connectivity index (χ3n) is 27.4. The van der Waals surface area contributed by atoms with Crippen molar-refractivity contribution in [2.24, 2.45) is 69.5 Å². The van der Waals surface area contributed by atoms with Crippen LogP contribution in [-0.4, -0.2) is 214 Å². The van der Waals surface area contributed by atoms with E-state index in [0.29, 0.717) is 92.6 Å². The predicted molar refractivity (Wildman–Crippen MR) is 461 cm³/mol. The number of esters is 3. The Labute approximate surface area is 802 Å². The molecule has 3 saturated carbocycles. The maximum absolute atomic E-state index is 14.6. The number of hydrogen-bond acceptors (Lipinski definition) is 24. The van der Waals surface area contributed by atoms with Crippen LogP contribution in [0.15, 0.2) is 54.6 Å². The van der Waals surface area contributed by atoms with E-state index in [1.54, 1.807) is 115 Å². The number of rotatable bonds is 9. The molecule has 3 radical (unpaired) electrons. The van der Waals surface area contributed by atoms with E-state index < -0.39 is 149 Å². The van der Waals surface area contributed by atoms with Gasteiger partial charge in [-0.25, -0.2) is 75.1 Å². The first kappa shape index (κ1) is 106. The van der Waals surface area contributed by atoms with Crippen molar-refractivity contribution in [2.45, 2.75) is 290 Å². The summed E-state index contributed by atoms with van der Waals surface area (Å²) in [5, 5.41) is 0. The van der Waals surface area contributed by atoms with Crippen LogP contribution in [0.3, 0.4) is 0 Å². The van der Waals surface area contributed by atoms with Gasteiger partial charge in [-0.05, 0) is 161 Å². The monoisotopic (exact) mass is 1950 g/mol. The van der Waals surface area contributed by atoms with Gasteiger partial charge in [-0.2, -0.15) is 0 Å². The van der Waals surface area contributed by atoms with Crippen LogP contribution in [-0.2, 0) is 132 Å². The van der Waals surface area contributed by atoms with Crippen molar-refractivity contribution in [3.8, 4) is 34.9 Å². The number of methoxy groups -OCH3 is 3. The summed E-state index contributed by atoms with van der Waals surface area (Å²) in [7, 11) is 4.59. The molecule has 0 spiro atoms. The zero-order chi connectivity index (χ0) is 92.9. The molecule has 3 saturated heterocycles. The molecule has 3 aliphatic carbocycles. The molecule has 27 nitrogen and oxygen atoms in total. The van der Waals surface area contributed by atoms with E-state index in [4.69, 9.17) is 57.6 Å². The molecule has 6 aliphatic heterocycles. The van der Waals surface area contributed by atoms with E-state index in [-0.39, 0.29) is 136 Å². The normalized spacial score (nSPS) is 28.9. The van der Waals surface area contributed by atoms with Gasteiger partial charge in [0.15, 0.2) is 0 Å². The fraction of sp³-hybridized carbons (Fsp3) is 0.656. The number of ether oxygens (including phenoxy) is 9. The van der Waals surface area contributed by atoms with Crippen molar-refractivity contribution in [1.29, 1.82) is 0 Å². The topological polar surface area (TPSA) is 324 Å².